The minimum Gasteiger partial charge on any atom is -0.476 e. The number of carbonyl (C=O) groups excluding carboxylic acids is 3. The number of alkyl halides is 5. The molecular weight excluding hydrogens is 577 g/mol. The van der Waals surface area contributed by atoms with Crippen LogP contribution in [0.1, 0.15) is 75.7 Å². The third-order valence-corrected chi connectivity index (χ3v) is 8.06. The molecule has 0 spiro atoms. The molecule has 1 aromatic carbocycles. The first-order valence-electron chi connectivity index (χ1n) is 14.7. The third-order valence-electron chi connectivity index (χ3n) is 8.06. The van der Waals surface area contributed by atoms with E-state index in [1.807, 2.05) is 5.32 Å². The number of ether oxygens (including phenoxy) is 1. The molecule has 1 aromatic rings. The van der Waals surface area contributed by atoms with Crippen LogP contribution >= 0.6 is 0 Å². The molecule has 1 saturated carbocycles. The molecule has 14 heteroatoms. The van der Waals surface area contributed by atoms with Crippen LogP contribution in [0.3, 0.4) is 0 Å². The van der Waals surface area contributed by atoms with E-state index in [2.05, 4.69) is 10.6 Å². The van der Waals surface area contributed by atoms with Crippen molar-refractivity contribution in [1.82, 2.24) is 20.9 Å². The Labute approximate surface area is 247 Å². The molecule has 0 bridgehead atoms. The number of nitrogens with zero attached hydrogens (tertiary/aromatic N) is 2. The first-order chi connectivity index (χ1) is 20.1. The summed E-state index contributed by atoms with van der Waals surface area (Å²) in [5, 5.41) is 8.91. The molecule has 1 saturated heterocycles. The number of hydrogen-bond donors (Lipinski definition) is 3. The number of nitrogens with one attached hydrogen (secondary N) is 3. The Balaban J connectivity index is 1.61. The van der Waals surface area contributed by atoms with Gasteiger partial charge in [-0.15, -0.1) is 0 Å². The molecule has 2 fully saturated rings. The van der Waals surface area contributed by atoms with Gasteiger partial charge >= 0.3 is 12.6 Å². The number of anilines is 1. The lowest BCUT2D eigenvalue weighted by molar-refractivity contribution is -0.138. The molecule has 1 aliphatic carbocycles. The Morgan fingerprint density at radius 3 is 2.40 bits per heavy atom. The van der Waals surface area contributed by atoms with E-state index in [4.69, 9.17) is 4.74 Å². The van der Waals surface area contributed by atoms with Gasteiger partial charge in [0, 0.05) is 43.8 Å². The Morgan fingerprint density at radius 2 is 1.84 bits per heavy atom. The van der Waals surface area contributed by atoms with E-state index in [-0.39, 0.29) is 30.1 Å². The number of rotatable bonds is 11. The Bertz CT molecular complexity index is 1200. The summed E-state index contributed by atoms with van der Waals surface area (Å²) in [7, 11) is 0. The van der Waals surface area contributed by atoms with Gasteiger partial charge < -0.3 is 30.5 Å². The maximum atomic E-state index is 14.4. The molecule has 3 amide bonds. The predicted octanol–water partition coefficient (Wildman–Crippen LogP) is 3.70. The third kappa shape index (κ3) is 7.75. The second-order valence-corrected chi connectivity index (χ2v) is 12.2. The van der Waals surface area contributed by atoms with Crippen molar-refractivity contribution in [3.63, 3.8) is 0 Å². The van der Waals surface area contributed by atoms with Gasteiger partial charge in [-0.1, -0.05) is 0 Å². The highest BCUT2D eigenvalue weighted by Gasteiger charge is 2.45. The van der Waals surface area contributed by atoms with Gasteiger partial charge in [-0.25, -0.2) is 0 Å². The number of piperidine rings is 1. The molecule has 4 rings (SSSR count). The van der Waals surface area contributed by atoms with E-state index >= 15 is 0 Å². The predicted molar refractivity (Wildman–Crippen MR) is 149 cm³/mol. The highest BCUT2D eigenvalue weighted by molar-refractivity contribution is 6.05. The first kappa shape index (κ1) is 32.9. The Morgan fingerprint density at radius 1 is 1.14 bits per heavy atom. The molecule has 43 heavy (non-hydrogen) atoms. The van der Waals surface area contributed by atoms with Crippen LogP contribution in [0.25, 0.3) is 0 Å². The summed E-state index contributed by atoms with van der Waals surface area (Å²) >= 11 is 0. The second-order valence-electron chi connectivity index (χ2n) is 12.2. The van der Waals surface area contributed by atoms with E-state index in [0.29, 0.717) is 25.1 Å². The summed E-state index contributed by atoms with van der Waals surface area (Å²) in [6.45, 7) is 6.79. The largest absolute Gasteiger partial charge is 0.476 e. The summed E-state index contributed by atoms with van der Waals surface area (Å²) in [5.41, 5.74) is -3.55. The van der Waals surface area contributed by atoms with Crippen LogP contribution in [0.5, 0.6) is 5.75 Å². The van der Waals surface area contributed by atoms with E-state index < -0.39 is 59.6 Å². The van der Waals surface area contributed by atoms with Crippen molar-refractivity contribution in [1.29, 1.82) is 0 Å². The van der Waals surface area contributed by atoms with Crippen LogP contribution in [-0.4, -0.2) is 85.0 Å². The fourth-order valence-corrected chi connectivity index (χ4v) is 5.71. The first-order valence-corrected chi connectivity index (χ1v) is 14.7. The van der Waals surface area contributed by atoms with Gasteiger partial charge in [0.2, 0.25) is 0 Å². The lowest BCUT2D eigenvalue weighted by Gasteiger charge is -2.41. The van der Waals surface area contributed by atoms with Crippen LogP contribution in [0, 0.1) is 0 Å². The van der Waals surface area contributed by atoms with Gasteiger partial charge in [0.1, 0.15) is 5.75 Å². The fraction of sp³-hybridized carbons (Fsp3) is 0.690. The molecule has 9 nitrogen and oxygen atoms in total. The van der Waals surface area contributed by atoms with E-state index in [9.17, 15) is 36.3 Å². The van der Waals surface area contributed by atoms with Crippen molar-refractivity contribution in [2.24, 2.45) is 0 Å². The molecule has 240 valence electrons. The average Bonchev–Trinajstić information content (AvgIpc) is 3.74. The minimum atomic E-state index is -4.92. The Hall–Kier alpha value is -3.00. The standard InChI is InChI=1S/C29H40F5N5O4/c1-16(2)39(19-8-7-18(37-15-19)9-10-35-17-5-6-17)26(41)20-13-22-23(14-21(20)29(32,33)34)43-28(3,4)27(42)38(22)12-11-36-25(40)24(30)31/h13-14,16-19,24,35,37H,5-12,15H2,1-4H3,(H,36,40)/t18-,19-/m1/s1. The lowest BCUT2D eigenvalue weighted by atomic mass is 9.94. The van der Waals surface area contributed by atoms with Gasteiger partial charge in [0.05, 0.1) is 16.8 Å². The molecular formula is C29H40F5N5O4. The second kappa shape index (κ2) is 12.9. The van der Waals surface area contributed by atoms with Crippen LogP contribution in [0.2, 0.25) is 0 Å². The number of amides is 3. The SMILES string of the molecule is CC(C)N(C(=O)c1cc2c(cc1C(F)(F)F)OC(C)(C)C(=O)N2CCNC(=O)C(F)F)[C@@H]1CC[C@H](CCNC2CC2)NC1. The van der Waals surface area contributed by atoms with Crippen molar-refractivity contribution in [2.75, 3.05) is 31.1 Å². The molecule has 0 radical (unpaired) electrons. The molecule has 2 heterocycles. The van der Waals surface area contributed by atoms with Gasteiger partial charge in [0.15, 0.2) is 5.60 Å². The quantitative estimate of drug-likeness (QED) is 0.328. The zero-order chi connectivity index (χ0) is 31.7. The molecule has 2 atom stereocenters. The minimum absolute atomic E-state index is 0.110. The molecule has 3 N–H and O–H groups in total. The van der Waals surface area contributed by atoms with Crippen LogP contribution in [0.4, 0.5) is 27.6 Å². The van der Waals surface area contributed by atoms with E-state index in [1.54, 1.807) is 13.8 Å². The maximum absolute atomic E-state index is 14.4. The molecule has 2 aliphatic heterocycles. The number of benzene rings is 1. The van der Waals surface area contributed by atoms with Crippen molar-refractivity contribution in [3.8, 4) is 5.75 Å². The van der Waals surface area contributed by atoms with Crippen LogP contribution in [-0.2, 0) is 15.8 Å². The summed E-state index contributed by atoms with van der Waals surface area (Å²) in [5.74, 6) is -3.33. The summed E-state index contributed by atoms with van der Waals surface area (Å²) in [4.78, 5) is 41.1. The molecule has 3 aliphatic rings. The zero-order valence-corrected chi connectivity index (χ0v) is 24.8. The summed E-state index contributed by atoms with van der Waals surface area (Å²) in [6, 6.07) is 1.76. The monoisotopic (exact) mass is 617 g/mol. The van der Waals surface area contributed by atoms with Gasteiger partial charge in [-0.2, -0.15) is 22.0 Å². The number of halogens is 5. The zero-order valence-electron chi connectivity index (χ0n) is 24.8. The van der Waals surface area contributed by atoms with E-state index in [0.717, 1.165) is 30.4 Å². The summed E-state index contributed by atoms with van der Waals surface area (Å²) in [6.07, 6.45) is -3.51. The van der Waals surface area contributed by atoms with Gasteiger partial charge in [-0.3, -0.25) is 14.4 Å². The number of hydrogen-bond acceptors (Lipinski definition) is 6. The number of carbonyl (C=O) groups is 3. The highest BCUT2D eigenvalue weighted by atomic mass is 19.4. The van der Waals surface area contributed by atoms with Gasteiger partial charge in [0.25, 0.3) is 17.7 Å². The van der Waals surface area contributed by atoms with Crippen LogP contribution in [0.15, 0.2) is 12.1 Å². The normalized spacial score (nSPS) is 21.9. The molecule has 0 aromatic heterocycles. The van der Waals surface area contributed by atoms with Crippen molar-refractivity contribution < 1.29 is 41.1 Å². The van der Waals surface area contributed by atoms with Crippen molar-refractivity contribution >= 4 is 23.4 Å². The van der Waals surface area contributed by atoms with Gasteiger partial charge in [-0.05, 0) is 78.5 Å². The topological polar surface area (TPSA) is 103 Å². The smallest absolute Gasteiger partial charge is 0.417 e. The van der Waals surface area contributed by atoms with Crippen LogP contribution < -0.4 is 25.6 Å². The van der Waals surface area contributed by atoms with Crippen molar-refractivity contribution in [3.05, 3.63) is 23.3 Å². The lowest BCUT2D eigenvalue weighted by Crippen LogP contribution is -2.55. The van der Waals surface area contributed by atoms with E-state index in [1.165, 1.54) is 31.6 Å². The van der Waals surface area contributed by atoms with Crippen molar-refractivity contribution in [2.45, 2.75) is 102 Å². The summed E-state index contributed by atoms with van der Waals surface area (Å²) < 4.78 is 74.2. The average molecular weight is 618 g/mol. The number of fused-ring (bicyclic) bond motifs is 1. The Kier molecular flexibility index (Phi) is 9.89. The maximum Gasteiger partial charge on any atom is 0.417 e. The fourth-order valence-electron chi connectivity index (χ4n) is 5.71. The molecule has 0 unspecified atom stereocenters. The highest BCUT2D eigenvalue weighted by Crippen LogP contribution is 2.44.